The van der Waals surface area contributed by atoms with Crippen LogP contribution in [-0.4, -0.2) is 19.3 Å². The van der Waals surface area contributed by atoms with Crippen LogP contribution in [0.15, 0.2) is 24.3 Å². The number of nitrogen functional groups attached to an aromatic ring is 1. The number of halogens is 1. The van der Waals surface area contributed by atoms with Crippen LogP contribution in [0.4, 0.5) is 15.8 Å². The Balaban J connectivity index is 2.13. The SMILES string of the molecule is Nc1ccc(N2CC[C@H](F)C2)cc1. The van der Waals surface area contributed by atoms with Crippen LogP contribution in [0.25, 0.3) is 0 Å². The second kappa shape index (κ2) is 3.24. The highest BCUT2D eigenvalue weighted by Crippen LogP contribution is 2.22. The number of nitrogens with zero attached hydrogens (tertiary/aromatic N) is 1. The molecule has 1 heterocycles. The third-order valence-electron chi connectivity index (χ3n) is 2.39. The third-order valence-corrected chi connectivity index (χ3v) is 2.39. The van der Waals surface area contributed by atoms with Crippen LogP contribution in [0, 0.1) is 0 Å². The molecule has 1 aromatic rings. The molecule has 0 unspecified atom stereocenters. The van der Waals surface area contributed by atoms with Crippen LogP contribution >= 0.6 is 0 Å². The first-order valence-electron chi connectivity index (χ1n) is 4.50. The van der Waals surface area contributed by atoms with Crippen molar-refractivity contribution in [1.82, 2.24) is 0 Å². The first-order chi connectivity index (χ1) is 6.25. The van der Waals surface area contributed by atoms with E-state index < -0.39 is 6.17 Å². The molecule has 0 amide bonds. The average molecular weight is 180 g/mol. The summed E-state index contributed by atoms with van der Waals surface area (Å²) in [6.45, 7) is 1.33. The molecule has 1 saturated heterocycles. The predicted molar refractivity (Wildman–Crippen MR) is 52.6 cm³/mol. The minimum absolute atomic E-state index is 0.518. The summed E-state index contributed by atoms with van der Waals surface area (Å²) in [5.41, 5.74) is 7.37. The van der Waals surface area contributed by atoms with Gasteiger partial charge in [0.1, 0.15) is 6.17 Å². The molecule has 70 valence electrons. The molecule has 1 atom stereocenters. The molecule has 2 rings (SSSR count). The second-order valence-corrected chi connectivity index (χ2v) is 3.42. The molecule has 0 aromatic heterocycles. The Morgan fingerprint density at radius 2 is 2.00 bits per heavy atom. The van der Waals surface area contributed by atoms with Crippen molar-refractivity contribution >= 4 is 11.4 Å². The van der Waals surface area contributed by atoms with Crippen LogP contribution in [0.2, 0.25) is 0 Å². The van der Waals surface area contributed by atoms with Crippen LogP contribution in [0.5, 0.6) is 0 Å². The van der Waals surface area contributed by atoms with Crippen molar-refractivity contribution < 1.29 is 4.39 Å². The lowest BCUT2D eigenvalue weighted by Crippen LogP contribution is -2.19. The maximum absolute atomic E-state index is 12.9. The Hall–Kier alpha value is -1.25. The third kappa shape index (κ3) is 1.74. The smallest absolute Gasteiger partial charge is 0.119 e. The summed E-state index contributed by atoms with van der Waals surface area (Å²) in [5, 5.41) is 0. The molecule has 0 saturated carbocycles. The summed E-state index contributed by atoms with van der Waals surface area (Å²) in [4.78, 5) is 2.05. The molecule has 2 N–H and O–H groups in total. The molecule has 0 radical (unpaired) electrons. The van der Waals surface area contributed by atoms with E-state index in [-0.39, 0.29) is 0 Å². The lowest BCUT2D eigenvalue weighted by molar-refractivity contribution is 0.364. The van der Waals surface area contributed by atoms with E-state index in [0.717, 1.165) is 17.9 Å². The van der Waals surface area contributed by atoms with Gasteiger partial charge in [-0.3, -0.25) is 0 Å². The molecule has 1 fully saturated rings. The molecule has 0 spiro atoms. The zero-order chi connectivity index (χ0) is 9.26. The van der Waals surface area contributed by atoms with Gasteiger partial charge < -0.3 is 10.6 Å². The van der Waals surface area contributed by atoms with Gasteiger partial charge in [0.2, 0.25) is 0 Å². The monoisotopic (exact) mass is 180 g/mol. The molecule has 0 aliphatic carbocycles. The van der Waals surface area contributed by atoms with E-state index in [1.807, 2.05) is 29.2 Å². The Labute approximate surface area is 77.2 Å². The normalized spacial score (nSPS) is 22.2. The zero-order valence-electron chi connectivity index (χ0n) is 7.41. The molecular formula is C10H13FN2. The minimum Gasteiger partial charge on any atom is -0.399 e. The van der Waals surface area contributed by atoms with Crippen molar-refractivity contribution in [2.45, 2.75) is 12.6 Å². The van der Waals surface area contributed by atoms with Gasteiger partial charge in [-0.1, -0.05) is 0 Å². The van der Waals surface area contributed by atoms with Gasteiger partial charge in [-0.25, -0.2) is 4.39 Å². The zero-order valence-corrected chi connectivity index (χ0v) is 7.41. The fourth-order valence-corrected chi connectivity index (χ4v) is 1.64. The molecule has 13 heavy (non-hydrogen) atoms. The first-order valence-corrected chi connectivity index (χ1v) is 4.50. The van der Waals surface area contributed by atoms with Crippen LogP contribution in [0.3, 0.4) is 0 Å². The van der Waals surface area contributed by atoms with Crippen LogP contribution < -0.4 is 10.6 Å². The molecule has 3 heteroatoms. The summed E-state index contributed by atoms with van der Waals surface area (Å²) >= 11 is 0. The maximum atomic E-state index is 12.9. The number of benzene rings is 1. The number of hydrogen-bond acceptors (Lipinski definition) is 2. The van der Waals surface area contributed by atoms with Crippen molar-refractivity contribution in [3.05, 3.63) is 24.3 Å². The van der Waals surface area contributed by atoms with Gasteiger partial charge >= 0.3 is 0 Å². The van der Waals surface area contributed by atoms with Crippen molar-refractivity contribution in [1.29, 1.82) is 0 Å². The van der Waals surface area contributed by atoms with Crippen molar-refractivity contribution in [3.8, 4) is 0 Å². The summed E-state index contributed by atoms with van der Waals surface area (Å²) in [7, 11) is 0. The minimum atomic E-state index is -0.669. The van der Waals surface area contributed by atoms with Crippen molar-refractivity contribution in [2.24, 2.45) is 0 Å². The first kappa shape index (κ1) is 8.35. The van der Waals surface area contributed by atoms with E-state index in [2.05, 4.69) is 0 Å². The number of anilines is 2. The summed E-state index contributed by atoms with van der Waals surface area (Å²) in [5.74, 6) is 0. The van der Waals surface area contributed by atoms with Gasteiger partial charge in [0.15, 0.2) is 0 Å². The van der Waals surface area contributed by atoms with Gasteiger partial charge in [-0.05, 0) is 30.7 Å². The van der Waals surface area contributed by atoms with E-state index in [1.165, 1.54) is 0 Å². The standard InChI is InChI=1S/C10H13FN2/c11-8-5-6-13(7-8)10-3-1-9(12)2-4-10/h1-4,8H,5-7,12H2/t8-/m0/s1. The summed E-state index contributed by atoms with van der Waals surface area (Å²) in [6, 6.07) is 7.57. The second-order valence-electron chi connectivity index (χ2n) is 3.42. The highest BCUT2D eigenvalue weighted by molar-refractivity contribution is 5.53. The highest BCUT2D eigenvalue weighted by Gasteiger charge is 2.21. The fourth-order valence-electron chi connectivity index (χ4n) is 1.64. The number of alkyl halides is 1. The Bertz CT molecular complexity index is 283. The molecule has 0 bridgehead atoms. The van der Waals surface area contributed by atoms with Gasteiger partial charge in [-0.2, -0.15) is 0 Å². The van der Waals surface area contributed by atoms with Crippen LogP contribution in [-0.2, 0) is 0 Å². The van der Waals surface area contributed by atoms with Gasteiger partial charge in [0, 0.05) is 24.5 Å². The number of hydrogen-bond donors (Lipinski definition) is 1. The van der Waals surface area contributed by atoms with Gasteiger partial charge in [0.25, 0.3) is 0 Å². The number of rotatable bonds is 1. The highest BCUT2D eigenvalue weighted by atomic mass is 19.1. The van der Waals surface area contributed by atoms with Crippen molar-refractivity contribution in [2.75, 3.05) is 23.7 Å². The maximum Gasteiger partial charge on any atom is 0.119 e. The van der Waals surface area contributed by atoms with E-state index in [4.69, 9.17) is 5.73 Å². The molecule has 1 aliphatic rings. The number of nitrogens with two attached hydrogens (primary N) is 1. The average Bonchev–Trinajstić information content (AvgIpc) is 2.53. The Morgan fingerprint density at radius 1 is 1.31 bits per heavy atom. The Morgan fingerprint density at radius 3 is 2.54 bits per heavy atom. The quantitative estimate of drug-likeness (QED) is 0.668. The lowest BCUT2D eigenvalue weighted by Gasteiger charge is -2.17. The molecule has 2 nitrogen and oxygen atoms in total. The summed E-state index contributed by atoms with van der Waals surface area (Å²) in [6.07, 6.45) is -0.0257. The Kier molecular flexibility index (Phi) is 2.08. The van der Waals surface area contributed by atoms with E-state index in [9.17, 15) is 4.39 Å². The topological polar surface area (TPSA) is 29.3 Å². The van der Waals surface area contributed by atoms with E-state index >= 15 is 0 Å². The molecule has 1 aromatic carbocycles. The van der Waals surface area contributed by atoms with Gasteiger partial charge in [-0.15, -0.1) is 0 Å². The van der Waals surface area contributed by atoms with E-state index in [0.29, 0.717) is 13.0 Å². The van der Waals surface area contributed by atoms with Crippen LogP contribution in [0.1, 0.15) is 6.42 Å². The molecule has 1 aliphatic heterocycles. The summed E-state index contributed by atoms with van der Waals surface area (Å²) < 4.78 is 12.9. The predicted octanol–water partition coefficient (Wildman–Crippen LogP) is 1.82. The van der Waals surface area contributed by atoms with E-state index in [1.54, 1.807) is 0 Å². The van der Waals surface area contributed by atoms with Crippen molar-refractivity contribution in [3.63, 3.8) is 0 Å². The molecular weight excluding hydrogens is 167 g/mol. The fraction of sp³-hybridized carbons (Fsp3) is 0.400. The largest absolute Gasteiger partial charge is 0.399 e. The van der Waals surface area contributed by atoms with Gasteiger partial charge in [0.05, 0.1) is 0 Å². The lowest BCUT2D eigenvalue weighted by atomic mass is 10.2.